The second-order valence-corrected chi connectivity index (χ2v) is 10.3. The molecule has 0 saturated carbocycles. The molecule has 0 N–H and O–H groups in total. The highest BCUT2D eigenvalue weighted by molar-refractivity contribution is 7.99. The Hall–Kier alpha value is -2.39. The van der Waals surface area contributed by atoms with E-state index >= 15 is 0 Å². The highest BCUT2D eigenvalue weighted by Crippen LogP contribution is 2.25. The average Bonchev–Trinajstić information content (AvgIpc) is 2.82. The Morgan fingerprint density at radius 2 is 1.79 bits per heavy atom. The number of rotatable bonds is 5. The van der Waals surface area contributed by atoms with E-state index in [9.17, 15) is 14.0 Å². The second-order valence-electron chi connectivity index (χ2n) is 8.98. The third-order valence-electron chi connectivity index (χ3n) is 6.43. The van der Waals surface area contributed by atoms with Crippen molar-refractivity contribution in [2.45, 2.75) is 37.9 Å². The second kappa shape index (κ2) is 10.9. The minimum atomic E-state index is -0.365. The van der Waals surface area contributed by atoms with Crippen molar-refractivity contribution >= 4 is 41.0 Å². The van der Waals surface area contributed by atoms with Crippen LogP contribution in [-0.2, 0) is 4.79 Å². The predicted molar refractivity (Wildman–Crippen MR) is 132 cm³/mol. The number of anilines is 1. The number of aromatic nitrogens is 2. The Kier molecular flexibility index (Phi) is 7.93. The molecule has 1 aromatic carbocycles. The van der Waals surface area contributed by atoms with Crippen LogP contribution in [0.15, 0.2) is 35.5 Å². The summed E-state index contributed by atoms with van der Waals surface area (Å²) in [5, 5.41) is 0.794. The predicted octanol–water partition coefficient (Wildman–Crippen LogP) is 3.97. The molecule has 3 heterocycles. The van der Waals surface area contributed by atoms with Crippen molar-refractivity contribution in [1.29, 1.82) is 0 Å². The highest BCUT2D eigenvalue weighted by Gasteiger charge is 2.29. The lowest BCUT2D eigenvalue weighted by Gasteiger charge is -2.40. The van der Waals surface area contributed by atoms with Crippen LogP contribution in [0.2, 0.25) is 5.15 Å². The number of carbonyl (C=O) groups is 2. The zero-order valence-corrected chi connectivity index (χ0v) is 21.0. The first-order chi connectivity index (χ1) is 16.3. The van der Waals surface area contributed by atoms with Gasteiger partial charge in [0.1, 0.15) is 16.8 Å². The fraction of sp³-hybridized carbons (Fsp3) is 0.500. The van der Waals surface area contributed by atoms with Crippen molar-refractivity contribution in [3.8, 4) is 0 Å². The van der Waals surface area contributed by atoms with E-state index in [4.69, 9.17) is 11.6 Å². The van der Waals surface area contributed by atoms with Gasteiger partial charge in [-0.1, -0.05) is 30.3 Å². The Morgan fingerprint density at radius 3 is 2.47 bits per heavy atom. The molecule has 1 atom stereocenters. The Morgan fingerprint density at radius 1 is 1.09 bits per heavy atom. The van der Waals surface area contributed by atoms with Crippen LogP contribution in [0.5, 0.6) is 0 Å². The van der Waals surface area contributed by atoms with Crippen LogP contribution in [0, 0.1) is 11.7 Å². The molecular weight excluding hydrogens is 477 g/mol. The molecule has 2 aliphatic heterocycles. The molecule has 2 fully saturated rings. The number of hydrogen-bond acceptors (Lipinski definition) is 6. The zero-order chi connectivity index (χ0) is 24.2. The van der Waals surface area contributed by atoms with Crippen LogP contribution in [0.4, 0.5) is 10.2 Å². The number of likely N-dealkylation sites (tertiary alicyclic amines) is 1. The van der Waals surface area contributed by atoms with Gasteiger partial charge in [0.25, 0.3) is 5.91 Å². The molecule has 34 heavy (non-hydrogen) atoms. The van der Waals surface area contributed by atoms with E-state index in [1.807, 2.05) is 11.8 Å². The van der Waals surface area contributed by atoms with Gasteiger partial charge in [-0.3, -0.25) is 9.59 Å². The third kappa shape index (κ3) is 5.99. The smallest absolute Gasteiger partial charge is 0.254 e. The van der Waals surface area contributed by atoms with Gasteiger partial charge in [-0.25, -0.2) is 14.4 Å². The largest absolute Gasteiger partial charge is 0.353 e. The van der Waals surface area contributed by atoms with Crippen molar-refractivity contribution in [2.75, 3.05) is 43.4 Å². The monoisotopic (exact) mass is 505 g/mol. The van der Waals surface area contributed by atoms with E-state index < -0.39 is 0 Å². The number of piperazine rings is 1. The van der Waals surface area contributed by atoms with Gasteiger partial charge in [0.15, 0.2) is 5.16 Å². The summed E-state index contributed by atoms with van der Waals surface area (Å²) in [6.45, 7) is 7.48. The molecule has 182 valence electrons. The summed E-state index contributed by atoms with van der Waals surface area (Å²) in [6, 6.07) is 7.26. The lowest BCUT2D eigenvalue weighted by atomic mass is 9.99. The molecule has 1 unspecified atom stereocenters. The first kappa shape index (κ1) is 24.7. The number of carbonyl (C=O) groups excluding carboxylic acids is 2. The molecule has 10 heteroatoms. The topological polar surface area (TPSA) is 69.6 Å². The molecule has 0 bridgehead atoms. The molecule has 2 aliphatic rings. The van der Waals surface area contributed by atoms with Crippen LogP contribution in [0.1, 0.15) is 37.0 Å². The normalized spacial score (nSPS) is 19.4. The maximum Gasteiger partial charge on any atom is 0.254 e. The third-order valence-corrected chi connectivity index (χ3v) is 7.45. The van der Waals surface area contributed by atoms with Gasteiger partial charge >= 0.3 is 0 Å². The number of nitrogens with zero attached hydrogens (tertiary/aromatic N) is 5. The summed E-state index contributed by atoms with van der Waals surface area (Å²) in [5.74, 6) is 1.26. The van der Waals surface area contributed by atoms with Crippen molar-refractivity contribution in [1.82, 2.24) is 19.8 Å². The van der Waals surface area contributed by atoms with E-state index in [0.717, 1.165) is 25.9 Å². The van der Waals surface area contributed by atoms with Gasteiger partial charge in [0.2, 0.25) is 5.91 Å². The number of amides is 2. The maximum atomic E-state index is 13.2. The Labute approximate surface area is 208 Å². The summed E-state index contributed by atoms with van der Waals surface area (Å²) >= 11 is 7.58. The summed E-state index contributed by atoms with van der Waals surface area (Å²) < 4.78 is 13.2. The van der Waals surface area contributed by atoms with E-state index in [1.165, 1.54) is 36.0 Å². The lowest BCUT2D eigenvalue weighted by Crippen LogP contribution is -2.54. The van der Waals surface area contributed by atoms with E-state index in [2.05, 4.69) is 21.8 Å². The van der Waals surface area contributed by atoms with Gasteiger partial charge in [-0.15, -0.1) is 0 Å². The van der Waals surface area contributed by atoms with Crippen LogP contribution in [-0.4, -0.2) is 76.1 Å². The molecule has 7 nitrogen and oxygen atoms in total. The van der Waals surface area contributed by atoms with Gasteiger partial charge in [0.05, 0.1) is 5.75 Å². The first-order valence-electron chi connectivity index (χ1n) is 11.6. The number of benzene rings is 1. The summed E-state index contributed by atoms with van der Waals surface area (Å²) in [5.41, 5.74) is 0.471. The Bertz CT molecular complexity index is 1030. The molecule has 0 aliphatic carbocycles. The minimum absolute atomic E-state index is 0.0702. The quantitative estimate of drug-likeness (QED) is 0.348. The van der Waals surface area contributed by atoms with Crippen LogP contribution >= 0.6 is 23.4 Å². The molecule has 1 aromatic heterocycles. The van der Waals surface area contributed by atoms with E-state index in [-0.39, 0.29) is 29.4 Å². The molecule has 2 saturated heterocycles. The lowest BCUT2D eigenvalue weighted by molar-refractivity contribution is -0.129. The van der Waals surface area contributed by atoms with Gasteiger partial charge < -0.3 is 14.7 Å². The van der Waals surface area contributed by atoms with Gasteiger partial charge in [-0.05, 0) is 49.9 Å². The first-order valence-corrected chi connectivity index (χ1v) is 12.9. The number of piperidine rings is 1. The van der Waals surface area contributed by atoms with E-state index in [0.29, 0.717) is 47.2 Å². The van der Waals surface area contributed by atoms with Gasteiger partial charge in [0, 0.05) is 50.4 Å². The number of hydrogen-bond donors (Lipinski definition) is 0. The van der Waals surface area contributed by atoms with Crippen molar-refractivity contribution in [3.63, 3.8) is 0 Å². The Balaban J connectivity index is 1.36. The summed E-state index contributed by atoms with van der Waals surface area (Å²) in [6.07, 6.45) is 2.09. The van der Waals surface area contributed by atoms with E-state index in [1.54, 1.807) is 11.0 Å². The fourth-order valence-electron chi connectivity index (χ4n) is 4.31. The molecule has 0 radical (unpaired) electrons. The number of halogens is 2. The molecule has 4 rings (SSSR count). The molecule has 0 spiro atoms. The summed E-state index contributed by atoms with van der Waals surface area (Å²) in [7, 11) is 0. The van der Waals surface area contributed by atoms with Crippen LogP contribution < -0.4 is 4.90 Å². The molecule has 2 aromatic rings. The molecule has 2 amide bonds. The zero-order valence-electron chi connectivity index (χ0n) is 19.4. The van der Waals surface area contributed by atoms with Crippen LogP contribution in [0.25, 0.3) is 0 Å². The SMILES string of the molecule is CC1CCN(C(=O)CSc2nc(Cl)cc(N3CCN(C(=O)c4ccc(F)cc4)C(C)C3)n2)CC1. The maximum absolute atomic E-state index is 13.2. The standard InChI is InChI=1S/C24H29ClFN5O2S/c1-16-7-9-29(10-8-16)22(32)15-34-24-27-20(25)13-21(28-24)30-11-12-31(17(2)14-30)23(33)18-3-5-19(26)6-4-18/h3-6,13,16-17H,7-12,14-15H2,1-2H3. The van der Waals surface area contributed by atoms with Gasteiger partial charge in [-0.2, -0.15) is 0 Å². The highest BCUT2D eigenvalue weighted by atomic mass is 35.5. The average molecular weight is 506 g/mol. The van der Waals surface area contributed by atoms with Crippen molar-refractivity contribution < 1.29 is 14.0 Å². The molecular formula is C24H29ClFN5O2S. The fourth-order valence-corrected chi connectivity index (χ4v) is 5.30. The van der Waals surface area contributed by atoms with Crippen LogP contribution in [0.3, 0.4) is 0 Å². The van der Waals surface area contributed by atoms with Crippen molar-refractivity contribution in [3.05, 3.63) is 46.9 Å². The number of thioether (sulfide) groups is 1. The minimum Gasteiger partial charge on any atom is -0.353 e. The summed E-state index contributed by atoms with van der Waals surface area (Å²) in [4.78, 5) is 40.2. The van der Waals surface area contributed by atoms with Crippen molar-refractivity contribution in [2.24, 2.45) is 5.92 Å².